The molecule has 0 atom stereocenters. The van der Waals surface area contributed by atoms with Crippen LogP contribution in [-0.2, 0) is 4.74 Å². The van der Waals surface area contributed by atoms with Crippen LogP contribution >= 0.6 is 22.9 Å². The van der Waals surface area contributed by atoms with E-state index in [4.69, 9.17) is 16.3 Å². The van der Waals surface area contributed by atoms with Gasteiger partial charge in [0.2, 0.25) is 0 Å². The molecule has 0 spiro atoms. The van der Waals surface area contributed by atoms with Crippen molar-refractivity contribution in [3.8, 4) is 5.19 Å². The van der Waals surface area contributed by atoms with Crippen molar-refractivity contribution in [2.45, 2.75) is 25.7 Å². The smallest absolute Gasteiger partial charge is 0.351 e. The Morgan fingerprint density at radius 1 is 1.53 bits per heavy atom. The Morgan fingerprint density at radius 2 is 2.24 bits per heavy atom. The zero-order valence-corrected chi connectivity index (χ0v) is 11.1. The molecule has 0 aliphatic heterocycles. The Balaban J connectivity index is 1.94. The van der Waals surface area contributed by atoms with Gasteiger partial charge in [-0.15, -0.1) is 0 Å². The molecule has 1 saturated carbocycles. The Bertz CT molecular complexity index is 401. The van der Waals surface area contributed by atoms with Crippen LogP contribution in [0.5, 0.6) is 5.19 Å². The van der Waals surface area contributed by atoms with Crippen LogP contribution < -0.4 is 4.74 Å². The predicted octanol–water partition coefficient (Wildman–Crippen LogP) is 3.15. The van der Waals surface area contributed by atoms with E-state index in [0.717, 1.165) is 11.3 Å². The molecule has 0 amide bonds. The van der Waals surface area contributed by atoms with E-state index in [1.165, 1.54) is 32.8 Å². The van der Waals surface area contributed by atoms with Gasteiger partial charge in [0, 0.05) is 0 Å². The van der Waals surface area contributed by atoms with Gasteiger partial charge in [-0.05, 0) is 18.8 Å². The van der Waals surface area contributed by atoms with Crippen molar-refractivity contribution in [2.75, 3.05) is 13.7 Å². The average molecular weight is 276 g/mol. The highest BCUT2D eigenvalue weighted by atomic mass is 35.5. The van der Waals surface area contributed by atoms with Gasteiger partial charge in [-0.25, -0.2) is 4.79 Å². The summed E-state index contributed by atoms with van der Waals surface area (Å²) in [7, 11) is 1.32. The molecular formula is C11H14ClNO3S. The first-order valence-corrected chi connectivity index (χ1v) is 6.77. The zero-order chi connectivity index (χ0) is 12.3. The van der Waals surface area contributed by atoms with Crippen LogP contribution in [0.2, 0.25) is 5.15 Å². The number of carbonyl (C=O) groups is 1. The Kier molecular flexibility index (Phi) is 4.23. The average Bonchev–Trinajstić information content (AvgIpc) is 2.94. The number of methoxy groups -OCH3 is 1. The SMILES string of the molecule is COC(=O)c1sc(OCC2CCCC2)nc1Cl. The van der Waals surface area contributed by atoms with Crippen molar-refractivity contribution in [1.82, 2.24) is 4.98 Å². The zero-order valence-electron chi connectivity index (χ0n) is 9.57. The molecule has 1 aromatic rings. The molecule has 0 N–H and O–H groups in total. The largest absolute Gasteiger partial charge is 0.470 e. The first-order chi connectivity index (χ1) is 8.20. The second kappa shape index (κ2) is 5.69. The third kappa shape index (κ3) is 3.10. The normalized spacial score (nSPS) is 16.1. The minimum absolute atomic E-state index is 0.156. The second-order valence-electron chi connectivity index (χ2n) is 4.05. The van der Waals surface area contributed by atoms with Crippen LogP contribution in [-0.4, -0.2) is 24.7 Å². The fourth-order valence-corrected chi connectivity index (χ4v) is 2.98. The van der Waals surface area contributed by atoms with Crippen LogP contribution in [0, 0.1) is 5.92 Å². The van der Waals surface area contributed by atoms with E-state index in [9.17, 15) is 4.79 Å². The molecule has 1 fully saturated rings. The molecule has 0 unspecified atom stereocenters. The van der Waals surface area contributed by atoms with E-state index >= 15 is 0 Å². The summed E-state index contributed by atoms with van der Waals surface area (Å²) in [5.74, 6) is 0.141. The maximum Gasteiger partial charge on any atom is 0.351 e. The summed E-state index contributed by atoms with van der Waals surface area (Å²) in [6.07, 6.45) is 4.98. The molecule has 0 radical (unpaired) electrons. The molecule has 1 heterocycles. The number of esters is 1. The lowest BCUT2D eigenvalue weighted by atomic mass is 10.1. The Morgan fingerprint density at radius 3 is 2.88 bits per heavy atom. The van der Waals surface area contributed by atoms with Crippen molar-refractivity contribution >= 4 is 28.9 Å². The van der Waals surface area contributed by atoms with Crippen LogP contribution in [0.4, 0.5) is 0 Å². The maximum absolute atomic E-state index is 11.3. The number of rotatable bonds is 4. The van der Waals surface area contributed by atoms with Gasteiger partial charge in [-0.2, -0.15) is 4.98 Å². The molecule has 94 valence electrons. The van der Waals surface area contributed by atoms with Gasteiger partial charge in [0.05, 0.1) is 13.7 Å². The quantitative estimate of drug-likeness (QED) is 0.792. The van der Waals surface area contributed by atoms with E-state index in [0.29, 0.717) is 22.6 Å². The summed E-state index contributed by atoms with van der Waals surface area (Å²) in [4.78, 5) is 15.6. The van der Waals surface area contributed by atoms with Gasteiger partial charge in [0.25, 0.3) is 5.19 Å². The minimum Gasteiger partial charge on any atom is -0.470 e. The predicted molar refractivity (Wildman–Crippen MR) is 65.9 cm³/mol. The highest BCUT2D eigenvalue weighted by Gasteiger charge is 2.20. The van der Waals surface area contributed by atoms with Gasteiger partial charge < -0.3 is 9.47 Å². The van der Waals surface area contributed by atoms with Crippen molar-refractivity contribution < 1.29 is 14.3 Å². The van der Waals surface area contributed by atoms with Crippen molar-refractivity contribution in [3.63, 3.8) is 0 Å². The number of hydrogen-bond acceptors (Lipinski definition) is 5. The van der Waals surface area contributed by atoms with Gasteiger partial charge in [-0.1, -0.05) is 35.8 Å². The van der Waals surface area contributed by atoms with E-state index < -0.39 is 5.97 Å². The fraction of sp³-hybridized carbons (Fsp3) is 0.636. The fourth-order valence-electron chi connectivity index (χ4n) is 1.93. The molecule has 2 rings (SSSR count). The highest BCUT2D eigenvalue weighted by molar-refractivity contribution is 7.15. The van der Waals surface area contributed by atoms with E-state index in [1.807, 2.05) is 0 Å². The minimum atomic E-state index is -0.469. The number of aromatic nitrogens is 1. The third-order valence-electron chi connectivity index (χ3n) is 2.85. The van der Waals surface area contributed by atoms with E-state index in [1.54, 1.807) is 0 Å². The molecule has 6 heteroatoms. The first-order valence-electron chi connectivity index (χ1n) is 5.58. The summed E-state index contributed by atoms with van der Waals surface area (Å²) in [5, 5.41) is 0.602. The molecule has 0 aromatic carbocycles. The summed E-state index contributed by atoms with van der Waals surface area (Å²) in [5.41, 5.74) is 0. The van der Waals surface area contributed by atoms with Crippen LogP contribution in [0.1, 0.15) is 35.4 Å². The van der Waals surface area contributed by atoms with Gasteiger partial charge in [0.1, 0.15) is 0 Å². The number of ether oxygens (including phenoxy) is 2. The molecular weight excluding hydrogens is 262 g/mol. The standard InChI is InChI=1S/C11H14ClNO3S/c1-15-10(14)8-9(12)13-11(17-8)16-6-7-4-2-3-5-7/h7H,2-6H2,1H3. The number of nitrogens with zero attached hydrogens (tertiary/aromatic N) is 1. The van der Waals surface area contributed by atoms with Crippen LogP contribution in [0.25, 0.3) is 0 Å². The maximum atomic E-state index is 11.3. The lowest BCUT2D eigenvalue weighted by Crippen LogP contribution is -2.07. The Hall–Kier alpha value is -0.810. The first kappa shape index (κ1) is 12.6. The number of hydrogen-bond donors (Lipinski definition) is 0. The van der Waals surface area contributed by atoms with Crippen molar-refractivity contribution in [3.05, 3.63) is 10.0 Å². The lowest BCUT2D eigenvalue weighted by molar-refractivity contribution is 0.0606. The van der Waals surface area contributed by atoms with E-state index in [2.05, 4.69) is 9.72 Å². The Labute approximate surface area is 109 Å². The molecule has 1 aliphatic carbocycles. The number of halogens is 1. The number of thiazole rings is 1. The van der Waals surface area contributed by atoms with Crippen LogP contribution in [0.15, 0.2) is 0 Å². The van der Waals surface area contributed by atoms with Crippen LogP contribution in [0.3, 0.4) is 0 Å². The third-order valence-corrected chi connectivity index (χ3v) is 4.19. The summed E-state index contributed by atoms with van der Waals surface area (Å²) < 4.78 is 10.2. The monoisotopic (exact) mass is 275 g/mol. The van der Waals surface area contributed by atoms with Crippen molar-refractivity contribution in [1.29, 1.82) is 0 Å². The number of carbonyl (C=O) groups excluding carboxylic acids is 1. The summed E-state index contributed by atoms with van der Waals surface area (Å²) in [6.45, 7) is 0.657. The van der Waals surface area contributed by atoms with Gasteiger partial charge in [-0.3, -0.25) is 0 Å². The van der Waals surface area contributed by atoms with Crippen molar-refractivity contribution in [2.24, 2.45) is 5.92 Å². The molecule has 1 aromatic heterocycles. The molecule has 1 aliphatic rings. The summed E-state index contributed by atoms with van der Waals surface area (Å²) in [6, 6.07) is 0. The molecule has 4 nitrogen and oxygen atoms in total. The second-order valence-corrected chi connectivity index (χ2v) is 5.37. The summed E-state index contributed by atoms with van der Waals surface area (Å²) >= 11 is 6.97. The molecule has 0 saturated heterocycles. The van der Waals surface area contributed by atoms with E-state index in [-0.39, 0.29) is 5.15 Å². The molecule has 0 bridgehead atoms. The lowest BCUT2D eigenvalue weighted by Gasteiger charge is -2.07. The highest BCUT2D eigenvalue weighted by Crippen LogP contribution is 2.31. The molecule has 17 heavy (non-hydrogen) atoms. The topological polar surface area (TPSA) is 48.4 Å². The van der Waals surface area contributed by atoms with Gasteiger partial charge in [0.15, 0.2) is 10.0 Å². The van der Waals surface area contributed by atoms with Gasteiger partial charge >= 0.3 is 5.97 Å².